The lowest BCUT2D eigenvalue weighted by Gasteiger charge is -2.12. The zero-order valence-corrected chi connectivity index (χ0v) is 13.4. The largest absolute Gasteiger partial charge is 0.491 e. The summed E-state index contributed by atoms with van der Waals surface area (Å²) in [4.78, 5) is 11.9. The van der Waals surface area contributed by atoms with Crippen molar-refractivity contribution in [2.75, 3.05) is 25.1 Å². The van der Waals surface area contributed by atoms with Gasteiger partial charge in [0.15, 0.2) is 6.61 Å². The molecule has 3 rings (SSSR count). The number of nitrogens with one attached hydrogen (secondary N) is 1. The third kappa shape index (κ3) is 4.99. The monoisotopic (exact) mass is 327 g/mol. The molecule has 0 aromatic heterocycles. The number of rotatable bonds is 7. The minimum Gasteiger partial charge on any atom is -0.491 e. The zero-order valence-electron chi connectivity index (χ0n) is 13.4. The second-order valence-electron chi connectivity index (χ2n) is 5.62. The van der Waals surface area contributed by atoms with Crippen molar-refractivity contribution >= 4 is 11.6 Å². The molecule has 0 aliphatic carbocycles. The van der Waals surface area contributed by atoms with Crippen LogP contribution in [0.5, 0.6) is 11.5 Å². The summed E-state index contributed by atoms with van der Waals surface area (Å²) in [5.41, 5.74) is 0.709. The smallest absolute Gasteiger partial charge is 0.262 e. The number of carbonyl (C=O) groups is 1. The van der Waals surface area contributed by atoms with Gasteiger partial charge in [-0.25, -0.2) is 0 Å². The van der Waals surface area contributed by atoms with Gasteiger partial charge in [-0.2, -0.15) is 0 Å². The van der Waals surface area contributed by atoms with Gasteiger partial charge in [-0.05, 0) is 49.2 Å². The molecule has 0 bridgehead atoms. The molecule has 1 saturated heterocycles. The second kappa shape index (κ2) is 8.36. The number of benzene rings is 2. The van der Waals surface area contributed by atoms with Crippen LogP contribution >= 0.6 is 0 Å². The summed E-state index contributed by atoms with van der Waals surface area (Å²) in [7, 11) is 0. The van der Waals surface area contributed by atoms with E-state index in [-0.39, 0.29) is 18.6 Å². The molecule has 1 atom stereocenters. The van der Waals surface area contributed by atoms with Gasteiger partial charge in [-0.1, -0.05) is 18.2 Å². The Morgan fingerprint density at radius 2 is 1.79 bits per heavy atom. The predicted molar refractivity (Wildman–Crippen MR) is 91.5 cm³/mol. The van der Waals surface area contributed by atoms with Crippen LogP contribution in [0.2, 0.25) is 0 Å². The lowest BCUT2D eigenvalue weighted by atomic mass is 10.2. The van der Waals surface area contributed by atoms with Crippen LogP contribution in [0, 0.1) is 0 Å². The van der Waals surface area contributed by atoms with Crippen molar-refractivity contribution in [1.82, 2.24) is 0 Å². The number of carbonyl (C=O) groups excluding carboxylic acids is 1. The van der Waals surface area contributed by atoms with Gasteiger partial charge in [0.1, 0.15) is 18.1 Å². The molecule has 1 N–H and O–H groups in total. The molecule has 5 heteroatoms. The van der Waals surface area contributed by atoms with Gasteiger partial charge in [0.05, 0.1) is 6.10 Å². The van der Waals surface area contributed by atoms with Crippen LogP contribution in [-0.4, -0.2) is 31.8 Å². The number of amides is 1. The Morgan fingerprint density at radius 1 is 1.04 bits per heavy atom. The molecular weight excluding hydrogens is 306 g/mol. The highest BCUT2D eigenvalue weighted by molar-refractivity contribution is 5.91. The molecule has 1 aliphatic heterocycles. The van der Waals surface area contributed by atoms with Crippen LogP contribution < -0.4 is 14.8 Å². The molecule has 126 valence electrons. The van der Waals surface area contributed by atoms with Crippen molar-refractivity contribution in [2.45, 2.75) is 18.9 Å². The minimum atomic E-state index is -0.202. The highest BCUT2D eigenvalue weighted by atomic mass is 16.5. The standard InChI is InChI=1S/C19H21NO4/c21-19(14-24-16-5-2-1-3-6-16)20-15-8-10-17(11-9-15)23-13-18-7-4-12-22-18/h1-3,5-6,8-11,18H,4,7,12-14H2,(H,20,21). The normalized spacial score (nSPS) is 16.6. The molecular formula is C19H21NO4. The van der Waals surface area contributed by atoms with Crippen LogP contribution in [0.1, 0.15) is 12.8 Å². The molecule has 5 nitrogen and oxygen atoms in total. The first-order valence-corrected chi connectivity index (χ1v) is 8.12. The van der Waals surface area contributed by atoms with Gasteiger partial charge in [0.25, 0.3) is 5.91 Å². The molecule has 0 radical (unpaired) electrons. The van der Waals surface area contributed by atoms with E-state index in [2.05, 4.69) is 5.32 Å². The molecule has 1 aliphatic rings. The summed E-state index contributed by atoms with van der Waals surface area (Å²) in [5, 5.41) is 2.79. The minimum absolute atomic E-state index is 0.0265. The number of para-hydroxylation sites is 1. The Labute approximate surface area is 141 Å². The molecule has 1 heterocycles. The maximum atomic E-state index is 11.9. The van der Waals surface area contributed by atoms with E-state index in [1.165, 1.54) is 0 Å². The number of anilines is 1. The van der Waals surface area contributed by atoms with E-state index in [9.17, 15) is 4.79 Å². The number of hydrogen-bond donors (Lipinski definition) is 1. The van der Waals surface area contributed by atoms with E-state index in [4.69, 9.17) is 14.2 Å². The van der Waals surface area contributed by atoms with E-state index in [1.54, 1.807) is 0 Å². The predicted octanol–water partition coefficient (Wildman–Crippen LogP) is 3.26. The highest BCUT2D eigenvalue weighted by Crippen LogP contribution is 2.18. The summed E-state index contributed by atoms with van der Waals surface area (Å²) in [6.45, 7) is 1.36. The van der Waals surface area contributed by atoms with Crippen molar-refractivity contribution in [3.63, 3.8) is 0 Å². The molecule has 0 saturated carbocycles. The Balaban J connectivity index is 1.42. The molecule has 1 unspecified atom stereocenters. The average molecular weight is 327 g/mol. The van der Waals surface area contributed by atoms with Crippen molar-refractivity contribution in [3.8, 4) is 11.5 Å². The first-order valence-electron chi connectivity index (χ1n) is 8.12. The van der Waals surface area contributed by atoms with Crippen LogP contribution in [0.3, 0.4) is 0 Å². The summed E-state index contributed by atoms with van der Waals surface area (Å²) in [6.07, 6.45) is 2.35. The summed E-state index contributed by atoms with van der Waals surface area (Å²) >= 11 is 0. The maximum absolute atomic E-state index is 11.9. The van der Waals surface area contributed by atoms with Crippen molar-refractivity contribution < 1.29 is 19.0 Å². The van der Waals surface area contributed by atoms with Gasteiger partial charge < -0.3 is 19.5 Å². The fourth-order valence-corrected chi connectivity index (χ4v) is 2.46. The molecule has 2 aromatic rings. The summed E-state index contributed by atoms with van der Waals surface area (Å²) in [5.74, 6) is 1.24. The van der Waals surface area contributed by atoms with Crippen LogP contribution in [-0.2, 0) is 9.53 Å². The van der Waals surface area contributed by atoms with E-state index in [0.717, 1.165) is 25.2 Å². The molecule has 0 spiro atoms. The Bertz CT molecular complexity index is 636. The van der Waals surface area contributed by atoms with Crippen LogP contribution in [0.15, 0.2) is 54.6 Å². The fourth-order valence-electron chi connectivity index (χ4n) is 2.46. The topological polar surface area (TPSA) is 56.8 Å². The van der Waals surface area contributed by atoms with E-state index in [0.29, 0.717) is 18.0 Å². The molecule has 24 heavy (non-hydrogen) atoms. The molecule has 1 fully saturated rings. The van der Waals surface area contributed by atoms with Gasteiger partial charge in [0.2, 0.25) is 0 Å². The van der Waals surface area contributed by atoms with Gasteiger partial charge in [0, 0.05) is 12.3 Å². The van der Waals surface area contributed by atoms with Gasteiger partial charge in [-0.3, -0.25) is 4.79 Å². The van der Waals surface area contributed by atoms with E-state index in [1.807, 2.05) is 54.6 Å². The highest BCUT2D eigenvalue weighted by Gasteiger charge is 2.15. The zero-order chi connectivity index (χ0) is 16.6. The van der Waals surface area contributed by atoms with Gasteiger partial charge >= 0.3 is 0 Å². The molecule has 1 amide bonds. The quantitative estimate of drug-likeness (QED) is 0.848. The van der Waals surface area contributed by atoms with Crippen molar-refractivity contribution in [1.29, 1.82) is 0 Å². The lowest BCUT2D eigenvalue weighted by Crippen LogP contribution is -2.20. The third-order valence-corrected chi connectivity index (χ3v) is 3.71. The number of ether oxygens (including phenoxy) is 3. The van der Waals surface area contributed by atoms with Gasteiger partial charge in [-0.15, -0.1) is 0 Å². The fraction of sp³-hybridized carbons (Fsp3) is 0.316. The number of hydrogen-bond acceptors (Lipinski definition) is 4. The van der Waals surface area contributed by atoms with E-state index < -0.39 is 0 Å². The SMILES string of the molecule is O=C(COc1ccccc1)Nc1ccc(OCC2CCCO2)cc1. The molecule has 2 aromatic carbocycles. The Hall–Kier alpha value is -2.53. The third-order valence-electron chi connectivity index (χ3n) is 3.71. The average Bonchev–Trinajstić information content (AvgIpc) is 3.14. The maximum Gasteiger partial charge on any atom is 0.262 e. The first kappa shape index (κ1) is 16.3. The van der Waals surface area contributed by atoms with Crippen molar-refractivity contribution in [2.24, 2.45) is 0 Å². The van der Waals surface area contributed by atoms with E-state index >= 15 is 0 Å². The second-order valence-corrected chi connectivity index (χ2v) is 5.62. The first-order chi connectivity index (χ1) is 11.8. The van der Waals surface area contributed by atoms with Crippen molar-refractivity contribution in [3.05, 3.63) is 54.6 Å². The lowest BCUT2D eigenvalue weighted by molar-refractivity contribution is -0.118. The van der Waals surface area contributed by atoms with Crippen LogP contribution in [0.25, 0.3) is 0 Å². The summed E-state index contributed by atoms with van der Waals surface area (Å²) < 4.78 is 16.6. The Morgan fingerprint density at radius 3 is 2.50 bits per heavy atom. The summed E-state index contributed by atoms with van der Waals surface area (Å²) in [6, 6.07) is 16.5. The van der Waals surface area contributed by atoms with Crippen LogP contribution in [0.4, 0.5) is 5.69 Å². The Kier molecular flexibility index (Phi) is 5.69.